The molecule has 0 aromatic heterocycles. The Kier molecular flexibility index (Phi) is 8.59. The summed E-state index contributed by atoms with van der Waals surface area (Å²) in [6.07, 6.45) is 7.40. The molecule has 31 heavy (non-hydrogen) atoms. The summed E-state index contributed by atoms with van der Waals surface area (Å²) in [5.74, 6) is 0.257. The second kappa shape index (κ2) is 10.2. The van der Waals surface area contributed by atoms with Crippen molar-refractivity contribution in [3.8, 4) is 5.75 Å². The van der Waals surface area contributed by atoms with Gasteiger partial charge in [0.05, 0.1) is 26.6 Å². The normalized spacial score (nSPS) is 25.1. The lowest BCUT2D eigenvalue weighted by Crippen LogP contribution is -2.68. The van der Waals surface area contributed by atoms with Gasteiger partial charge in [-0.15, -0.1) is 0 Å². The number of rotatable bonds is 10. The molecule has 0 saturated carbocycles. The van der Waals surface area contributed by atoms with Crippen molar-refractivity contribution < 1.29 is 15.3 Å². The monoisotopic (exact) mass is 460 g/mol. The summed E-state index contributed by atoms with van der Waals surface area (Å²) in [6.45, 7) is 13.4. The summed E-state index contributed by atoms with van der Waals surface area (Å²) < 4.78 is 0. The maximum Gasteiger partial charge on any atom is 0.115 e. The molecular formula is C26H44O3Si2. The molecule has 0 amide bonds. The lowest BCUT2D eigenvalue weighted by molar-refractivity contribution is 0.0258. The van der Waals surface area contributed by atoms with Gasteiger partial charge in [-0.05, 0) is 29.7 Å². The first-order valence-electron chi connectivity index (χ1n) is 12.3. The van der Waals surface area contributed by atoms with Crippen molar-refractivity contribution in [2.45, 2.75) is 101 Å². The first-order chi connectivity index (χ1) is 14.6. The molecule has 1 aromatic rings. The van der Waals surface area contributed by atoms with Gasteiger partial charge in [-0.25, -0.2) is 0 Å². The van der Waals surface area contributed by atoms with Crippen molar-refractivity contribution in [1.82, 2.24) is 0 Å². The van der Waals surface area contributed by atoms with Crippen molar-refractivity contribution >= 4 is 22.2 Å². The zero-order valence-electron chi connectivity index (χ0n) is 20.5. The average molecular weight is 461 g/mol. The van der Waals surface area contributed by atoms with Crippen LogP contribution < -0.4 is 0 Å². The highest BCUT2D eigenvalue weighted by atomic mass is 28.3. The van der Waals surface area contributed by atoms with Gasteiger partial charge in [0.2, 0.25) is 0 Å². The Balaban J connectivity index is 2.61. The van der Waals surface area contributed by atoms with Gasteiger partial charge >= 0.3 is 0 Å². The van der Waals surface area contributed by atoms with Crippen LogP contribution in [0, 0.1) is 0 Å². The zero-order chi connectivity index (χ0) is 23.3. The average Bonchev–Trinajstić information content (AvgIpc) is 2.76. The van der Waals surface area contributed by atoms with Crippen molar-refractivity contribution in [3.05, 3.63) is 47.6 Å². The Morgan fingerprint density at radius 2 is 1.26 bits per heavy atom. The number of hydrogen-bond donors (Lipinski definition) is 3. The predicted octanol–water partition coefficient (Wildman–Crippen LogP) is 6.68. The quantitative estimate of drug-likeness (QED) is 0.341. The molecule has 1 aliphatic rings. The van der Waals surface area contributed by atoms with E-state index in [1.807, 2.05) is 18.2 Å². The summed E-state index contributed by atoms with van der Waals surface area (Å²) in [5, 5.41) is 32.4. The highest BCUT2D eigenvalue weighted by Gasteiger charge is 2.59. The van der Waals surface area contributed by atoms with E-state index in [-0.39, 0.29) is 5.75 Å². The Labute approximate surface area is 191 Å². The molecule has 0 fully saturated rings. The van der Waals surface area contributed by atoms with E-state index in [1.54, 1.807) is 12.1 Å². The molecule has 2 unspecified atom stereocenters. The lowest BCUT2D eigenvalue weighted by atomic mass is 9.92. The molecule has 0 aliphatic heterocycles. The Morgan fingerprint density at radius 3 is 1.71 bits per heavy atom. The zero-order valence-corrected chi connectivity index (χ0v) is 22.5. The largest absolute Gasteiger partial charge is 0.508 e. The Bertz CT molecular complexity index is 762. The van der Waals surface area contributed by atoms with Crippen LogP contribution in [0.25, 0.3) is 6.08 Å². The van der Waals surface area contributed by atoms with Gasteiger partial charge in [-0.1, -0.05) is 108 Å². The first-order valence-corrected chi connectivity index (χ1v) is 17.5. The van der Waals surface area contributed by atoms with Gasteiger partial charge in [0, 0.05) is 6.42 Å². The summed E-state index contributed by atoms with van der Waals surface area (Å²) in [4.78, 5) is 0. The number of aliphatic hydroxyl groups is 2. The van der Waals surface area contributed by atoms with Crippen LogP contribution in [0.5, 0.6) is 5.75 Å². The number of aromatic hydroxyl groups is 1. The maximum atomic E-state index is 12.3. The lowest BCUT2D eigenvalue weighted by Gasteiger charge is -2.55. The topological polar surface area (TPSA) is 60.7 Å². The van der Waals surface area contributed by atoms with Gasteiger partial charge in [0.15, 0.2) is 0 Å². The fourth-order valence-corrected chi connectivity index (χ4v) is 15.6. The van der Waals surface area contributed by atoms with Gasteiger partial charge in [0.1, 0.15) is 5.75 Å². The van der Waals surface area contributed by atoms with E-state index in [0.717, 1.165) is 47.4 Å². The maximum absolute atomic E-state index is 12.3. The molecule has 2 rings (SSSR count). The smallest absolute Gasteiger partial charge is 0.115 e. The molecule has 0 spiro atoms. The van der Waals surface area contributed by atoms with E-state index < -0.39 is 26.6 Å². The SMILES string of the molecule is CC[Si](CC)(CC)C1(O)C=C(C=Cc2ccc(O)cc2)CC(O)([Si](CC)(CC)CC)C1. The molecule has 3 N–H and O–H groups in total. The molecule has 174 valence electrons. The second-order valence-electron chi connectivity index (χ2n) is 9.64. The van der Waals surface area contributed by atoms with Gasteiger partial charge in [-0.3, -0.25) is 0 Å². The summed E-state index contributed by atoms with van der Waals surface area (Å²) >= 11 is 0. The van der Waals surface area contributed by atoms with Crippen LogP contribution in [0.3, 0.4) is 0 Å². The van der Waals surface area contributed by atoms with Crippen molar-refractivity contribution in [2.24, 2.45) is 0 Å². The predicted molar refractivity (Wildman–Crippen MR) is 139 cm³/mol. The molecular weight excluding hydrogens is 416 g/mol. The van der Waals surface area contributed by atoms with Crippen LogP contribution in [-0.4, -0.2) is 41.9 Å². The van der Waals surface area contributed by atoms with E-state index >= 15 is 0 Å². The number of benzene rings is 1. The van der Waals surface area contributed by atoms with E-state index in [2.05, 4.69) is 53.7 Å². The molecule has 1 aromatic carbocycles. The fourth-order valence-electron chi connectivity index (χ4n) is 6.27. The van der Waals surface area contributed by atoms with Crippen LogP contribution in [0.4, 0.5) is 0 Å². The molecule has 0 heterocycles. The van der Waals surface area contributed by atoms with Crippen molar-refractivity contribution in [2.75, 3.05) is 0 Å². The van der Waals surface area contributed by atoms with Gasteiger partial charge in [0.25, 0.3) is 0 Å². The summed E-state index contributed by atoms with van der Waals surface area (Å²) in [5.41, 5.74) is 2.06. The fraction of sp³-hybridized carbons (Fsp3) is 0.615. The standard InChI is InChI=1S/C26H44O3Si2/c1-7-30(8-2,9-3)25(28)19-23(14-13-22-15-17-24(27)18-16-22)20-26(29,21-25)31(10-4,11-5)12-6/h13-19,27-29H,7-12,20-21H2,1-6H3. The second-order valence-corrected chi connectivity index (χ2v) is 20.8. The number of phenolic OH excluding ortho intramolecular Hbond substituents is 1. The molecule has 0 saturated heterocycles. The minimum Gasteiger partial charge on any atom is -0.508 e. The number of hydrogen-bond acceptors (Lipinski definition) is 3. The third-order valence-electron chi connectivity index (χ3n) is 8.83. The van der Waals surface area contributed by atoms with Crippen LogP contribution >= 0.6 is 0 Å². The van der Waals surface area contributed by atoms with Crippen LogP contribution in [0.15, 0.2) is 42.0 Å². The van der Waals surface area contributed by atoms with Gasteiger partial charge < -0.3 is 15.3 Å². The molecule has 2 atom stereocenters. The van der Waals surface area contributed by atoms with E-state index in [0.29, 0.717) is 12.8 Å². The van der Waals surface area contributed by atoms with E-state index in [4.69, 9.17) is 0 Å². The summed E-state index contributed by atoms with van der Waals surface area (Å²) in [6, 6.07) is 13.4. The summed E-state index contributed by atoms with van der Waals surface area (Å²) in [7, 11) is -4.02. The highest BCUT2D eigenvalue weighted by Crippen LogP contribution is 2.50. The molecule has 0 radical (unpaired) electrons. The first kappa shape index (κ1) is 26.1. The molecule has 0 bridgehead atoms. The highest BCUT2D eigenvalue weighted by molar-refractivity contribution is 6.84. The third kappa shape index (κ3) is 4.80. The molecule has 1 aliphatic carbocycles. The van der Waals surface area contributed by atoms with Crippen LogP contribution in [0.2, 0.25) is 36.3 Å². The number of phenols is 1. The van der Waals surface area contributed by atoms with Crippen molar-refractivity contribution in [3.63, 3.8) is 0 Å². The van der Waals surface area contributed by atoms with Crippen LogP contribution in [-0.2, 0) is 0 Å². The van der Waals surface area contributed by atoms with Crippen molar-refractivity contribution in [1.29, 1.82) is 0 Å². The molecule has 5 heteroatoms. The van der Waals surface area contributed by atoms with Gasteiger partial charge in [-0.2, -0.15) is 0 Å². The van der Waals surface area contributed by atoms with Crippen LogP contribution in [0.1, 0.15) is 59.9 Å². The Morgan fingerprint density at radius 1 is 0.774 bits per heavy atom. The van der Waals surface area contributed by atoms with E-state index in [1.165, 1.54) is 0 Å². The minimum atomic E-state index is -2.03. The van der Waals surface area contributed by atoms with E-state index in [9.17, 15) is 15.3 Å². The third-order valence-corrected chi connectivity index (χ3v) is 21.4. The molecule has 3 nitrogen and oxygen atoms in total. The minimum absolute atomic E-state index is 0.257. The Hall–Kier alpha value is -1.15. The number of allylic oxidation sites excluding steroid dienone is 1.